The van der Waals surface area contributed by atoms with Gasteiger partial charge < -0.3 is 10.1 Å². The fourth-order valence-corrected chi connectivity index (χ4v) is 2.42. The highest BCUT2D eigenvalue weighted by molar-refractivity contribution is 5.80. The van der Waals surface area contributed by atoms with Crippen LogP contribution in [0.4, 0.5) is 0 Å². The van der Waals surface area contributed by atoms with Crippen LogP contribution in [0.15, 0.2) is 42.5 Å². The van der Waals surface area contributed by atoms with Gasteiger partial charge in [-0.2, -0.15) is 0 Å². The Balaban J connectivity index is 1.98. The Morgan fingerprint density at radius 2 is 2.05 bits per heavy atom. The third kappa shape index (κ3) is 2.58. The number of aromatic amines is 1. The number of aryl methyl sites for hydroxylation is 2. The average molecular weight is 266 g/mol. The van der Waals surface area contributed by atoms with Crippen molar-refractivity contribution in [3.05, 3.63) is 53.6 Å². The van der Waals surface area contributed by atoms with E-state index in [0.717, 1.165) is 35.3 Å². The van der Waals surface area contributed by atoms with Crippen LogP contribution in [-0.4, -0.2) is 21.7 Å². The van der Waals surface area contributed by atoms with E-state index in [1.807, 2.05) is 12.1 Å². The molecule has 0 aliphatic heterocycles. The number of rotatable bonds is 4. The van der Waals surface area contributed by atoms with E-state index >= 15 is 0 Å². The van der Waals surface area contributed by atoms with E-state index in [0.29, 0.717) is 0 Å². The Hall–Kier alpha value is -2.13. The monoisotopic (exact) mass is 266 g/mol. The number of nitrogens with one attached hydrogen (secondary N) is 1. The number of hydrogen-bond acceptors (Lipinski definition) is 2. The number of aromatic nitrogens is 2. The predicted octanol–water partition coefficient (Wildman–Crippen LogP) is 3.46. The summed E-state index contributed by atoms with van der Waals surface area (Å²) in [6.45, 7) is 2.31. The van der Waals surface area contributed by atoms with E-state index in [1.165, 1.54) is 11.1 Å². The molecule has 3 aromatic rings. The van der Waals surface area contributed by atoms with E-state index in [-0.39, 0.29) is 6.61 Å². The van der Waals surface area contributed by atoms with Crippen molar-refractivity contribution in [1.82, 2.24) is 9.97 Å². The number of imidazole rings is 1. The number of hydrogen-bond donors (Lipinski definition) is 2. The topological polar surface area (TPSA) is 48.9 Å². The maximum Gasteiger partial charge on any atom is 0.138 e. The first kappa shape index (κ1) is 12.9. The lowest BCUT2D eigenvalue weighted by atomic mass is 10.1. The second kappa shape index (κ2) is 5.47. The van der Waals surface area contributed by atoms with Crippen molar-refractivity contribution in [3.63, 3.8) is 0 Å². The van der Waals surface area contributed by atoms with Crippen LogP contribution in [0, 0.1) is 6.92 Å². The van der Waals surface area contributed by atoms with Crippen molar-refractivity contribution < 1.29 is 5.11 Å². The SMILES string of the molecule is Cc1cccc(-c2nc3ccc(CCCO)cc3[nH]2)c1. The van der Waals surface area contributed by atoms with Crippen molar-refractivity contribution in [1.29, 1.82) is 0 Å². The molecular formula is C17H18N2O. The highest BCUT2D eigenvalue weighted by Gasteiger charge is 2.06. The highest BCUT2D eigenvalue weighted by Crippen LogP contribution is 2.22. The van der Waals surface area contributed by atoms with Gasteiger partial charge >= 0.3 is 0 Å². The van der Waals surface area contributed by atoms with Crippen molar-refractivity contribution in [3.8, 4) is 11.4 Å². The normalized spacial score (nSPS) is 11.1. The fraction of sp³-hybridized carbons (Fsp3) is 0.235. The molecule has 0 radical (unpaired) electrons. The number of fused-ring (bicyclic) bond motifs is 1. The van der Waals surface area contributed by atoms with Gasteiger partial charge in [0.25, 0.3) is 0 Å². The van der Waals surface area contributed by atoms with Crippen LogP contribution in [0.25, 0.3) is 22.4 Å². The average Bonchev–Trinajstić information content (AvgIpc) is 2.88. The zero-order chi connectivity index (χ0) is 13.9. The molecule has 1 heterocycles. The van der Waals surface area contributed by atoms with Crippen LogP contribution >= 0.6 is 0 Å². The lowest BCUT2D eigenvalue weighted by Crippen LogP contribution is -1.88. The van der Waals surface area contributed by atoms with Gasteiger partial charge in [0, 0.05) is 12.2 Å². The summed E-state index contributed by atoms with van der Waals surface area (Å²) in [5.41, 5.74) is 5.60. The molecule has 3 rings (SSSR count). The van der Waals surface area contributed by atoms with Crippen LogP contribution in [-0.2, 0) is 6.42 Å². The lowest BCUT2D eigenvalue weighted by molar-refractivity contribution is 0.288. The maximum atomic E-state index is 8.90. The Morgan fingerprint density at radius 3 is 2.85 bits per heavy atom. The summed E-state index contributed by atoms with van der Waals surface area (Å²) in [7, 11) is 0. The third-order valence-corrected chi connectivity index (χ3v) is 3.46. The molecule has 0 bridgehead atoms. The number of benzene rings is 2. The molecule has 0 unspecified atom stereocenters. The fourth-order valence-electron chi connectivity index (χ4n) is 2.42. The lowest BCUT2D eigenvalue weighted by Gasteiger charge is -1.98. The molecule has 3 heteroatoms. The van der Waals surface area contributed by atoms with Crippen molar-refractivity contribution in [2.45, 2.75) is 19.8 Å². The quantitative estimate of drug-likeness (QED) is 0.759. The molecule has 3 nitrogen and oxygen atoms in total. The third-order valence-electron chi connectivity index (χ3n) is 3.46. The van der Waals surface area contributed by atoms with E-state index in [9.17, 15) is 0 Å². The molecule has 0 saturated heterocycles. The molecule has 0 aliphatic carbocycles. The Bertz CT molecular complexity index is 731. The van der Waals surface area contributed by atoms with Crippen molar-refractivity contribution in [2.75, 3.05) is 6.61 Å². The van der Waals surface area contributed by atoms with Gasteiger partial charge in [-0.15, -0.1) is 0 Å². The van der Waals surface area contributed by atoms with Crippen LogP contribution in [0.5, 0.6) is 0 Å². The molecule has 102 valence electrons. The summed E-state index contributed by atoms with van der Waals surface area (Å²) in [6.07, 6.45) is 1.69. The summed E-state index contributed by atoms with van der Waals surface area (Å²) in [5, 5.41) is 8.90. The van der Waals surface area contributed by atoms with Crippen molar-refractivity contribution >= 4 is 11.0 Å². The summed E-state index contributed by atoms with van der Waals surface area (Å²) in [5.74, 6) is 0.906. The van der Waals surface area contributed by atoms with Gasteiger partial charge in [0.15, 0.2) is 0 Å². The molecule has 0 saturated carbocycles. The highest BCUT2D eigenvalue weighted by atomic mass is 16.2. The Morgan fingerprint density at radius 1 is 1.15 bits per heavy atom. The minimum atomic E-state index is 0.232. The first-order valence-electron chi connectivity index (χ1n) is 6.93. The molecule has 20 heavy (non-hydrogen) atoms. The van der Waals surface area contributed by atoms with E-state index in [2.05, 4.69) is 47.2 Å². The van der Waals surface area contributed by atoms with Crippen molar-refractivity contribution in [2.24, 2.45) is 0 Å². The second-order valence-electron chi connectivity index (χ2n) is 5.13. The summed E-state index contributed by atoms with van der Waals surface area (Å²) >= 11 is 0. The molecule has 2 N–H and O–H groups in total. The van der Waals surface area contributed by atoms with Gasteiger partial charge in [-0.3, -0.25) is 0 Å². The smallest absolute Gasteiger partial charge is 0.138 e. The Kier molecular flexibility index (Phi) is 3.52. The van der Waals surface area contributed by atoms with Crippen LogP contribution in [0.3, 0.4) is 0 Å². The second-order valence-corrected chi connectivity index (χ2v) is 5.13. The van der Waals surface area contributed by atoms with Crippen LogP contribution < -0.4 is 0 Å². The van der Waals surface area contributed by atoms with Crippen LogP contribution in [0.2, 0.25) is 0 Å². The number of nitrogens with zero attached hydrogens (tertiary/aromatic N) is 1. The van der Waals surface area contributed by atoms with Gasteiger partial charge in [-0.1, -0.05) is 29.8 Å². The summed E-state index contributed by atoms with van der Waals surface area (Å²) in [4.78, 5) is 8.02. The molecule has 1 aromatic heterocycles. The summed E-state index contributed by atoms with van der Waals surface area (Å²) < 4.78 is 0. The standard InChI is InChI=1S/C17H18N2O/c1-12-4-2-6-14(10-12)17-18-15-8-7-13(5-3-9-20)11-16(15)19-17/h2,4,6-8,10-11,20H,3,5,9H2,1H3,(H,18,19). The van der Waals surface area contributed by atoms with Gasteiger partial charge in [0.1, 0.15) is 5.82 Å². The van der Waals surface area contributed by atoms with Gasteiger partial charge in [-0.25, -0.2) is 4.98 Å². The molecule has 0 amide bonds. The van der Waals surface area contributed by atoms with Gasteiger partial charge in [0.2, 0.25) is 0 Å². The predicted molar refractivity (Wildman–Crippen MR) is 81.7 cm³/mol. The van der Waals surface area contributed by atoms with E-state index in [1.54, 1.807) is 0 Å². The number of H-pyrrole nitrogens is 1. The summed E-state index contributed by atoms with van der Waals surface area (Å²) in [6, 6.07) is 14.6. The molecule has 2 aromatic carbocycles. The minimum absolute atomic E-state index is 0.232. The van der Waals surface area contributed by atoms with E-state index < -0.39 is 0 Å². The van der Waals surface area contributed by atoms with Crippen LogP contribution in [0.1, 0.15) is 17.5 Å². The minimum Gasteiger partial charge on any atom is -0.396 e. The number of aliphatic hydroxyl groups excluding tert-OH is 1. The van der Waals surface area contributed by atoms with Gasteiger partial charge in [0.05, 0.1) is 11.0 Å². The first-order valence-corrected chi connectivity index (χ1v) is 6.93. The maximum absolute atomic E-state index is 8.90. The number of aliphatic hydroxyl groups is 1. The first-order chi connectivity index (χ1) is 9.76. The van der Waals surface area contributed by atoms with E-state index in [4.69, 9.17) is 5.11 Å². The molecule has 0 aliphatic rings. The largest absolute Gasteiger partial charge is 0.396 e. The zero-order valence-electron chi connectivity index (χ0n) is 11.6. The molecular weight excluding hydrogens is 248 g/mol. The zero-order valence-corrected chi connectivity index (χ0v) is 11.6. The van der Waals surface area contributed by atoms with Gasteiger partial charge in [-0.05, 0) is 43.5 Å². The molecule has 0 atom stereocenters. The Labute approximate surface area is 118 Å². The molecule has 0 spiro atoms. The molecule has 0 fully saturated rings.